The van der Waals surface area contributed by atoms with Gasteiger partial charge in [-0.3, -0.25) is 4.79 Å². The molecular formula is C18H22N2O. The second-order valence-electron chi connectivity index (χ2n) is 5.08. The Kier molecular flexibility index (Phi) is 4.99. The third kappa shape index (κ3) is 3.63. The van der Waals surface area contributed by atoms with Gasteiger partial charge in [-0.05, 0) is 48.2 Å². The van der Waals surface area contributed by atoms with Gasteiger partial charge in [-0.1, -0.05) is 31.2 Å². The molecule has 0 saturated carbocycles. The molecule has 110 valence electrons. The molecule has 2 N–H and O–H groups in total. The predicted molar refractivity (Wildman–Crippen MR) is 87.7 cm³/mol. The summed E-state index contributed by atoms with van der Waals surface area (Å²) in [6, 6.07) is 14.2. The van der Waals surface area contributed by atoms with Crippen molar-refractivity contribution in [3.8, 4) is 0 Å². The van der Waals surface area contributed by atoms with Crippen molar-refractivity contribution in [1.29, 1.82) is 0 Å². The van der Waals surface area contributed by atoms with Crippen molar-refractivity contribution >= 4 is 11.6 Å². The predicted octanol–water partition coefficient (Wildman–Crippen LogP) is 3.53. The van der Waals surface area contributed by atoms with Crippen LogP contribution in [0.1, 0.15) is 34.0 Å². The zero-order valence-electron chi connectivity index (χ0n) is 12.9. The van der Waals surface area contributed by atoms with Crippen molar-refractivity contribution in [2.24, 2.45) is 0 Å². The summed E-state index contributed by atoms with van der Waals surface area (Å²) in [7, 11) is 1.64. The van der Waals surface area contributed by atoms with E-state index < -0.39 is 0 Å². The molecule has 2 rings (SSSR count). The van der Waals surface area contributed by atoms with Gasteiger partial charge < -0.3 is 10.6 Å². The van der Waals surface area contributed by atoms with E-state index in [2.05, 4.69) is 41.8 Å². The fourth-order valence-electron chi connectivity index (χ4n) is 2.41. The molecule has 0 heterocycles. The van der Waals surface area contributed by atoms with Gasteiger partial charge in [0.2, 0.25) is 0 Å². The normalized spacial score (nSPS) is 10.2. The SMILES string of the molecule is CCc1ccccc1CNc1ccc(C(=O)NC)cc1C. The zero-order chi connectivity index (χ0) is 15.2. The molecule has 0 saturated heterocycles. The number of aryl methyl sites for hydroxylation is 2. The molecule has 0 aliphatic carbocycles. The summed E-state index contributed by atoms with van der Waals surface area (Å²) in [6.45, 7) is 4.98. The molecule has 3 heteroatoms. The van der Waals surface area contributed by atoms with Crippen LogP contribution in [0.2, 0.25) is 0 Å². The summed E-state index contributed by atoms with van der Waals surface area (Å²) in [4.78, 5) is 11.6. The first-order valence-electron chi connectivity index (χ1n) is 7.29. The van der Waals surface area contributed by atoms with E-state index in [0.29, 0.717) is 5.56 Å². The number of rotatable bonds is 5. The van der Waals surface area contributed by atoms with Crippen LogP contribution in [-0.2, 0) is 13.0 Å². The molecule has 3 nitrogen and oxygen atoms in total. The van der Waals surface area contributed by atoms with Crippen molar-refractivity contribution in [2.45, 2.75) is 26.8 Å². The van der Waals surface area contributed by atoms with Crippen molar-refractivity contribution < 1.29 is 4.79 Å². The first-order chi connectivity index (χ1) is 10.2. The minimum atomic E-state index is -0.0546. The van der Waals surface area contributed by atoms with E-state index in [0.717, 1.165) is 24.2 Å². The Labute approximate surface area is 126 Å². The Hall–Kier alpha value is -2.29. The molecule has 0 spiro atoms. The fraction of sp³-hybridized carbons (Fsp3) is 0.278. The molecule has 0 radical (unpaired) electrons. The summed E-state index contributed by atoms with van der Waals surface area (Å²) in [5, 5.41) is 6.10. The summed E-state index contributed by atoms with van der Waals surface area (Å²) in [5.74, 6) is -0.0546. The lowest BCUT2D eigenvalue weighted by Crippen LogP contribution is -2.18. The topological polar surface area (TPSA) is 41.1 Å². The maximum Gasteiger partial charge on any atom is 0.251 e. The fourth-order valence-corrected chi connectivity index (χ4v) is 2.41. The standard InChI is InChI=1S/C18H22N2O/c1-4-14-7-5-6-8-16(14)12-20-17-10-9-15(11-13(17)2)18(21)19-3/h5-11,20H,4,12H2,1-3H3,(H,19,21). The minimum absolute atomic E-state index is 0.0546. The number of benzene rings is 2. The third-order valence-corrected chi connectivity index (χ3v) is 3.68. The lowest BCUT2D eigenvalue weighted by atomic mass is 10.0. The molecule has 2 aromatic carbocycles. The van der Waals surface area contributed by atoms with Gasteiger partial charge in [-0.25, -0.2) is 0 Å². The largest absolute Gasteiger partial charge is 0.381 e. The lowest BCUT2D eigenvalue weighted by molar-refractivity contribution is 0.0963. The number of hydrogen-bond donors (Lipinski definition) is 2. The van der Waals surface area contributed by atoms with E-state index in [1.807, 2.05) is 25.1 Å². The van der Waals surface area contributed by atoms with E-state index in [1.165, 1.54) is 11.1 Å². The van der Waals surface area contributed by atoms with Crippen LogP contribution in [0.25, 0.3) is 0 Å². The van der Waals surface area contributed by atoms with Crippen LogP contribution in [-0.4, -0.2) is 13.0 Å². The molecule has 21 heavy (non-hydrogen) atoms. The molecule has 0 fully saturated rings. The highest BCUT2D eigenvalue weighted by Crippen LogP contribution is 2.18. The van der Waals surface area contributed by atoms with Crippen molar-refractivity contribution in [1.82, 2.24) is 5.32 Å². The Bertz CT molecular complexity index is 635. The maximum atomic E-state index is 11.6. The summed E-state index contributed by atoms with van der Waals surface area (Å²) in [5.41, 5.74) is 5.51. The quantitative estimate of drug-likeness (QED) is 0.881. The van der Waals surface area contributed by atoms with E-state index in [4.69, 9.17) is 0 Å². The Morgan fingerprint density at radius 3 is 2.43 bits per heavy atom. The van der Waals surface area contributed by atoms with E-state index in [-0.39, 0.29) is 5.91 Å². The highest BCUT2D eigenvalue weighted by Gasteiger charge is 2.06. The van der Waals surface area contributed by atoms with E-state index in [1.54, 1.807) is 7.05 Å². The van der Waals surface area contributed by atoms with Crippen LogP contribution in [0.15, 0.2) is 42.5 Å². The number of amides is 1. The van der Waals surface area contributed by atoms with Gasteiger partial charge in [-0.2, -0.15) is 0 Å². The van der Waals surface area contributed by atoms with Gasteiger partial charge in [0.15, 0.2) is 0 Å². The van der Waals surface area contributed by atoms with Crippen LogP contribution < -0.4 is 10.6 Å². The van der Waals surface area contributed by atoms with Gasteiger partial charge in [0.1, 0.15) is 0 Å². The Morgan fingerprint density at radius 1 is 1.10 bits per heavy atom. The van der Waals surface area contributed by atoms with Crippen molar-refractivity contribution in [3.05, 3.63) is 64.7 Å². The molecule has 0 aliphatic rings. The molecule has 1 amide bonds. The van der Waals surface area contributed by atoms with Crippen LogP contribution in [0.4, 0.5) is 5.69 Å². The smallest absolute Gasteiger partial charge is 0.251 e. The van der Waals surface area contributed by atoms with Gasteiger partial charge in [0, 0.05) is 24.8 Å². The molecule has 0 aliphatic heterocycles. The number of anilines is 1. The van der Waals surface area contributed by atoms with Gasteiger partial charge >= 0.3 is 0 Å². The van der Waals surface area contributed by atoms with Crippen LogP contribution in [0.3, 0.4) is 0 Å². The molecule has 0 aromatic heterocycles. The second kappa shape index (κ2) is 6.93. The van der Waals surface area contributed by atoms with Crippen LogP contribution >= 0.6 is 0 Å². The summed E-state index contributed by atoms with van der Waals surface area (Å²) >= 11 is 0. The average Bonchev–Trinajstić information content (AvgIpc) is 2.53. The zero-order valence-corrected chi connectivity index (χ0v) is 12.9. The summed E-state index contributed by atoms with van der Waals surface area (Å²) in [6.07, 6.45) is 1.03. The monoisotopic (exact) mass is 282 g/mol. The number of carbonyl (C=O) groups excluding carboxylic acids is 1. The number of nitrogens with one attached hydrogen (secondary N) is 2. The molecular weight excluding hydrogens is 260 g/mol. The highest BCUT2D eigenvalue weighted by atomic mass is 16.1. The Balaban J connectivity index is 2.12. The van der Waals surface area contributed by atoms with E-state index in [9.17, 15) is 4.79 Å². The second-order valence-corrected chi connectivity index (χ2v) is 5.08. The maximum absolute atomic E-state index is 11.6. The highest BCUT2D eigenvalue weighted by molar-refractivity contribution is 5.94. The molecule has 0 unspecified atom stereocenters. The first kappa shape index (κ1) is 15.1. The summed E-state index contributed by atoms with van der Waals surface area (Å²) < 4.78 is 0. The minimum Gasteiger partial charge on any atom is -0.381 e. The molecule has 2 aromatic rings. The van der Waals surface area contributed by atoms with Gasteiger partial charge in [-0.15, -0.1) is 0 Å². The molecule has 0 atom stereocenters. The van der Waals surface area contributed by atoms with Crippen molar-refractivity contribution in [3.63, 3.8) is 0 Å². The van der Waals surface area contributed by atoms with Gasteiger partial charge in [0.25, 0.3) is 5.91 Å². The Morgan fingerprint density at radius 2 is 1.81 bits per heavy atom. The van der Waals surface area contributed by atoms with Crippen LogP contribution in [0.5, 0.6) is 0 Å². The van der Waals surface area contributed by atoms with Gasteiger partial charge in [0.05, 0.1) is 0 Å². The number of hydrogen-bond acceptors (Lipinski definition) is 2. The average molecular weight is 282 g/mol. The third-order valence-electron chi connectivity index (χ3n) is 3.68. The first-order valence-corrected chi connectivity index (χ1v) is 7.29. The lowest BCUT2D eigenvalue weighted by Gasteiger charge is -2.13. The van der Waals surface area contributed by atoms with Crippen LogP contribution in [0, 0.1) is 6.92 Å². The van der Waals surface area contributed by atoms with Crippen molar-refractivity contribution in [2.75, 3.05) is 12.4 Å². The van der Waals surface area contributed by atoms with E-state index >= 15 is 0 Å². The molecule has 0 bridgehead atoms. The number of carbonyl (C=O) groups is 1.